The second-order valence-electron chi connectivity index (χ2n) is 5.15. The smallest absolute Gasteiger partial charge is 0.328 e. The molecule has 0 aliphatic heterocycles. The summed E-state index contributed by atoms with van der Waals surface area (Å²) >= 11 is 0. The Morgan fingerprint density at radius 2 is 2.25 bits per heavy atom. The minimum Gasteiger partial charge on any atom is -0.478 e. The molecule has 0 heterocycles. The molecule has 0 atom stereocenters. The first kappa shape index (κ1) is 14.6. The van der Waals surface area contributed by atoms with Crippen LogP contribution >= 0.6 is 0 Å². The maximum atomic E-state index is 10.7. The monoisotopic (exact) mass is 275 g/mol. The maximum absolute atomic E-state index is 10.7. The zero-order valence-corrected chi connectivity index (χ0v) is 12.0. The van der Waals surface area contributed by atoms with Gasteiger partial charge in [-0.05, 0) is 43.5 Å². The minimum atomic E-state index is -0.924. The Morgan fingerprint density at radius 1 is 1.50 bits per heavy atom. The highest BCUT2D eigenvalue weighted by Gasteiger charge is 2.29. The summed E-state index contributed by atoms with van der Waals surface area (Å²) in [5, 5.41) is 8.82. The number of hydrogen-bond donors (Lipinski definition) is 1. The van der Waals surface area contributed by atoms with Gasteiger partial charge in [0.1, 0.15) is 0 Å². The molecule has 0 saturated heterocycles. The number of carbonyl (C=O) groups is 1. The van der Waals surface area contributed by atoms with E-state index in [-0.39, 0.29) is 0 Å². The first-order valence-corrected chi connectivity index (χ1v) is 6.89. The Bertz CT molecular complexity index is 506. The number of hydrogen-bond acceptors (Lipinski definition) is 3. The van der Waals surface area contributed by atoms with E-state index in [4.69, 9.17) is 9.84 Å². The van der Waals surface area contributed by atoms with E-state index in [1.54, 1.807) is 13.2 Å². The zero-order valence-electron chi connectivity index (χ0n) is 12.0. The molecule has 4 nitrogen and oxygen atoms in total. The predicted octanol–water partition coefficient (Wildman–Crippen LogP) is 2.71. The van der Waals surface area contributed by atoms with Gasteiger partial charge in [0.05, 0.1) is 6.61 Å². The molecule has 1 aliphatic carbocycles. The summed E-state index contributed by atoms with van der Waals surface area (Å²) in [6.07, 6.45) is 5.26. The number of aryl methyl sites for hydroxylation is 1. The van der Waals surface area contributed by atoms with Crippen molar-refractivity contribution in [1.29, 1.82) is 0 Å². The first-order valence-electron chi connectivity index (χ1n) is 6.89. The molecule has 0 spiro atoms. The van der Waals surface area contributed by atoms with Crippen LogP contribution < -0.4 is 4.90 Å². The molecule has 1 aromatic carbocycles. The molecule has 1 N–H and O–H groups in total. The number of ether oxygens (including phenoxy) is 1. The highest BCUT2D eigenvalue weighted by molar-refractivity contribution is 5.87. The van der Waals surface area contributed by atoms with Crippen molar-refractivity contribution < 1.29 is 14.6 Å². The van der Waals surface area contributed by atoms with Gasteiger partial charge in [0, 0.05) is 31.5 Å². The average molecular weight is 275 g/mol. The summed E-state index contributed by atoms with van der Waals surface area (Å²) in [5.41, 5.74) is 3.17. The normalized spacial score (nSPS) is 14.7. The Hall–Kier alpha value is -1.81. The molecule has 0 radical (unpaired) electrons. The van der Waals surface area contributed by atoms with Gasteiger partial charge in [-0.1, -0.05) is 11.6 Å². The van der Waals surface area contributed by atoms with Crippen LogP contribution in [0, 0.1) is 6.92 Å². The van der Waals surface area contributed by atoms with Crippen LogP contribution in [0.4, 0.5) is 5.69 Å². The molecule has 2 rings (SSSR count). The van der Waals surface area contributed by atoms with Gasteiger partial charge in [0.2, 0.25) is 0 Å². The van der Waals surface area contributed by atoms with E-state index in [9.17, 15) is 4.79 Å². The lowest BCUT2D eigenvalue weighted by molar-refractivity contribution is -0.131. The summed E-state index contributed by atoms with van der Waals surface area (Å²) in [4.78, 5) is 13.1. The molecule has 0 bridgehead atoms. The first-order chi connectivity index (χ1) is 9.61. The van der Waals surface area contributed by atoms with Gasteiger partial charge >= 0.3 is 5.97 Å². The predicted molar refractivity (Wildman–Crippen MR) is 80.1 cm³/mol. The summed E-state index contributed by atoms with van der Waals surface area (Å²) in [7, 11) is 1.70. The number of carboxylic acid groups (broad SMARTS) is 1. The Morgan fingerprint density at radius 3 is 2.85 bits per heavy atom. The van der Waals surface area contributed by atoms with Crippen LogP contribution in [0.2, 0.25) is 0 Å². The molecule has 1 saturated carbocycles. The van der Waals surface area contributed by atoms with Crippen molar-refractivity contribution in [3.8, 4) is 0 Å². The van der Waals surface area contributed by atoms with Gasteiger partial charge in [-0.2, -0.15) is 0 Å². The molecule has 0 aromatic heterocycles. The minimum absolute atomic E-state index is 0.560. The topological polar surface area (TPSA) is 49.8 Å². The average Bonchev–Trinajstić information content (AvgIpc) is 3.23. The fraction of sp³-hybridized carbons (Fsp3) is 0.438. The van der Waals surface area contributed by atoms with Crippen LogP contribution in [0.1, 0.15) is 24.0 Å². The van der Waals surface area contributed by atoms with E-state index < -0.39 is 5.97 Å². The van der Waals surface area contributed by atoms with Gasteiger partial charge in [-0.15, -0.1) is 0 Å². The SMILES string of the molecule is COCCN(c1ccc(C)cc1/C=C/C(=O)O)C1CC1. The van der Waals surface area contributed by atoms with Crippen LogP contribution in [0.3, 0.4) is 0 Å². The Kier molecular flexibility index (Phi) is 4.79. The molecule has 4 heteroatoms. The number of anilines is 1. The van der Waals surface area contributed by atoms with Crippen molar-refractivity contribution in [1.82, 2.24) is 0 Å². The summed E-state index contributed by atoms with van der Waals surface area (Å²) in [6.45, 7) is 3.52. The van der Waals surface area contributed by atoms with Gasteiger partial charge in [0.25, 0.3) is 0 Å². The summed E-state index contributed by atoms with van der Waals surface area (Å²) in [5.74, 6) is -0.924. The molecule has 0 unspecified atom stereocenters. The lowest BCUT2D eigenvalue weighted by Crippen LogP contribution is -2.30. The van der Waals surface area contributed by atoms with Crippen molar-refractivity contribution in [2.75, 3.05) is 25.2 Å². The number of nitrogens with zero attached hydrogens (tertiary/aromatic N) is 1. The highest BCUT2D eigenvalue weighted by Crippen LogP contribution is 2.34. The maximum Gasteiger partial charge on any atom is 0.328 e. The van der Waals surface area contributed by atoms with Crippen LogP contribution in [0.5, 0.6) is 0 Å². The van der Waals surface area contributed by atoms with Crippen LogP contribution in [-0.4, -0.2) is 37.4 Å². The fourth-order valence-corrected chi connectivity index (χ4v) is 2.31. The zero-order chi connectivity index (χ0) is 14.5. The third-order valence-electron chi connectivity index (χ3n) is 3.42. The lowest BCUT2D eigenvalue weighted by atomic mass is 10.1. The molecule has 1 fully saturated rings. The fourth-order valence-electron chi connectivity index (χ4n) is 2.31. The van der Waals surface area contributed by atoms with Crippen molar-refractivity contribution in [2.24, 2.45) is 0 Å². The van der Waals surface area contributed by atoms with E-state index >= 15 is 0 Å². The van der Waals surface area contributed by atoms with Crippen molar-refractivity contribution >= 4 is 17.7 Å². The third kappa shape index (κ3) is 3.84. The van der Waals surface area contributed by atoms with Crippen molar-refractivity contribution in [3.63, 3.8) is 0 Å². The standard InChI is InChI=1S/C16H21NO3/c1-12-3-7-15(13(11-12)4-8-16(18)19)17(9-10-20-2)14-5-6-14/h3-4,7-8,11,14H,5-6,9-10H2,1-2H3,(H,18,19)/b8-4+. The second-order valence-corrected chi connectivity index (χ2v) is 5.15. The molecule has 20 heavy (non-hydrogen) atoms. The van der Waals surface area contributed by atoms with Gasteiger partial charge < -0.3 is 14.7 Å². The van der Waals surface area contributed by atoms with Gasteiger partial charge in [-0.3, -0.25) is 0 Å². The molecule has 1 aliphatic rings. The number of carboxylic acids is 1. The van der Waals surface area contributed by atoms with E-state index in [0.29, 0.717) is 12.6 Å². The van der Waals surface area contributed by atoms with Crippen molar-refractivity contribution in [2.45, 2.75) is 25.8 Å². The molecule has 0 amide bonds. The van der Waals surface area contributed by atoms with E-state index in [1.165, 1.54) is 18.9 Å². The number of benzene rings is 1. The second kappa shape index (κ2) is 6.57. The highest BCUT2D eigenvalue weighted by atomic mass is 16.5. The summed E-state index contributed by atoms with van der Waals surface area (Å²) in [6, 6.07) is 6.72. The van der Waals surface area contributed by atoms with E-state index in [1.807, 2.05) is 13.0 Å². The Labute approximate surface area is 119 Å². The van der Waals surface area contributed by atoms with Gasteiger partial charge in [0.15, 0.2) is 0 Å². The van der Waals surface area contributed by atoms with Crippen molar-refractivity contribution in [3.05, 3.63) is 35.4 Å². The van der Waals surface area contributed by atoms with Crippen LogP contribution in [0.25, 0.3) is 6.08 Å². The van der Waals surface area contributed by atoms with E-state index in [0.717, 1.165) is 23.4 Å². The van der Waals surface area contributed by atoms with Gasteiger partial charge in [-0.25, -0.2) is 4.79 Å². The van der Waals surface area contributed by atoms with Crippen LogP contribution in [-0.2, 0) is 9.53 Å². The number of aliphatic carboxylic acids is 1. The molecular formula is C16H21NO3. The molecule has 1 aromatic rings. The van der Waals surface area contributed by atoms with E-state index in [2.05, 4.69) is 17.0 Å². The lowest BCUT2D eigenvalue weighted by Gasteiger charge is -2.26. The molecule has 108 valence electrons. The number of rotatable bonds is 7. The largest absolute Gasteiger partial charge is 0.478 e. The number of methoxy groups -OCH3 is 1. The molecular weight excluding hydrogens is 254 g/mol. The third-order valence-corrected chi connectivity index (χ3v) is 3.42. The Balaban J connectivity index is 2.29. The summed E-state index contributed by atoms with van der Waals surface area (Å²) < 4.78 is 5.18. The van der Waals surface area contributed by atoms with Crippen LogP contribution in [0.15, 0.2) is 24.3 Å². The quantitative estimate of drug-likeness (QED) is 0.777.